The maximum atomic E-state index is 14.6. The number of rotatable bonds is 5. The van der Waals surface area contributed by atoms with Crippen molar-refractivity contribution < 1.29 is 22.3 Å². The van der Waals surface area contributed by atoms with Gasteiger partial charge in [0.05, 0.1) is 11.8 Å². The second-order valence-corrected chi connectivity index (χ2v) is 10.2. The largest absolute Gasteiger partial charge is 0.437 e. The molecule has 6 nitrogen and oxygen atoms in total. The van der Waals surface area contributed by atoms with Gasteiger partial charge in [0.25, 0.3) is 5.91 Å². The van der Waals surface area contributed by atoms with E-state index in [1.165, 1.54) is 23.4 Å². The molecule has 0 fully saturated rings. The smallest absolute Gasteiger partial charge is 0.267 e. The van der Waals surface area contributed by atoms with Crippen LogP contribution in [-0.4, -0.2) is 25.6 Å². The molecular weight excluding hydrogens is 467 g/mol. The number of aromatic nitrogens is 1. The summed E-state index contributed by atoms with van der Waals surface area (Å²) in [6.07, 6.45) is 6.58. The van der Waals surface area contributed by atoms with Crippen LogP contribution in [0.2, 0.25) is 5.02 Å². The lowest BCUT2D eigenvalue weighted by molar-refractivity contribution is 0.0977. The number of nitrogens with one attached hydrogen (secondary N) is 1. The van der Waals surface area contributed by atoms with Crippen LogP contribution in [0.4, 0.5) is 4.39 Å². The van der Waals surface area contributed by atoms with E-state index in [0.29, 0.717) is 16.7 Å². The van der Waals surface area contributed by atoms with Crippen molar-refractivity contribution >= 4 is 27.5 Å². The average molecular weight is 489 g/mol. The third-order valence-electron chi connectivity index (χ3n) is 5.51. The van der Waals surface area contributed by atoms with Crippen LogP contribution in [0.1, 0.15) is 39.9 Å². The van der Waals surface area contributed by atoms with Crippen molar-refractivity contribution in [3.63, 3.8) is 0 Å². The first-order valence-corrected chi connectivity index (χ1v) is 12.7. The minimum atomic E-state index is -3.81. The zero-order valence-electron chi connectivity index (χ0n) is 18.1. The highest BCUT2D eigenvalue weighted by Gasteiger charge is 2.20. The fourth-order valence-electron chi connectivity index (χ4n) is 3.98. The molecule has 1 aromatic heterocycles. The molecule has 0 unspecified atom stereocenters. The van der Waals surface area contributed by atoms with Crippen LogP contribution in [0.25, 0.3) is 11.1 Å². The molecule has 1 aliphatic rings. The zero-order valence-corrected chi connectivity index (χ0v) is 19.7. The van der Waals surface area contributed by atoms with E-state index in [0.717, 1.165) is 43.8 Å². The van der Waals surface area contributed by atoms with Crippen molar-refractivity contribution in [1.82, 2.24) is 9.71 Å². The number of benzene rings is 2. The second-order valence-electron chi connectivity index (χ2n) is 8.06. The molecule has 33 heavy (non-hydrogen) atoms. The number of pyridine rings is 1. The molecule has 4 rings (SSSR count). The molecule has 1 aliphatic carbocycles. The van der Waals surface area contributed by atoms with Crippen molar-refractivity contribution in [1.29, 1.82) is 0 Å². The maximum Gasteiger partial charge on any atom is 0.267 e. The third kappa shape index (κ3) is 5.17. The molecule has 1 amide bonds. The second kappa shape index (κ2) is 9.11. The summed E-state index contributed by atoms with van der Waals surface area (Å²) in [6, 6.07) is 10.0. The maximum absolute atomic E-state index is 14.6. The number of amides is 1. The first kappa shape index (κ1) is 23.2. The average Bonchev–Trinajstić information content (AvgIpc) is 2.75. The summed E-state index contributed by atoms with van der Waals surface area (Å²) in [4.78, 5) is 16.4. The van der Waals surface area contributed by atoms with Gasteiger partial charge in [-0.05, 0) is 79.1 Å². The molecule has 0 aliphatic heterocycles. The molecule has 1 heterocycles. The summed E-state index contributed by atoms with van der Waals surface area (Å²) in [7, 11) is -3.81. The van der Waals surface area contributed by atoms with E-state index in [9.17, 15) is 17.6 Å². The van der Waals surface area contributed by atoms with Gasteiger partial charge in [-0.25, -0.2) is 22.5 Å². The number of carbonyl (C=O) groups excluding carboxylic acids is 1. The Bertz CT molecular complexity index is 1360. The van der Waals surface area contributed by atoms with Gasteiger partial charge in [0.15, 0.2) is 0 Å². The van der Waals surface area contributed by atoms with Crippen molar-refractivity contribution in [3.05, 3.63) is 75.7 Å². The summed E-state index contributed by atoms with van der Waals surface area (Å²) >= 11 is 6.45. The molecule has 172 valence electrons. The van der Waals surface area contributed by atoms with Gasteiger partial charge in [0.2, 0.25) is 15.9 Å². The van der Waals surface area contributed by atoms with Gasteiger partial charge in [0, 0.05) is 11.8 Å². The van der Waals surface area contributed by atoms with Gasteiger partial charge in [-0.1, -0.05) is 23.7 Å². The molecule has 1 N–H and O–H groups in total. The van der Waals surface area contributed by atoms with Crippen molar-refractivity contribution in [3.8, 4) is 22.8 Å². The van der Waals surface area contributed by atoms with E-state index in [2.05, 4.69) is 11.1 Å². The number of sulfonamides is 1. The lowest BCUT2D eigenvalue weighted by atomic mass is 9.91. The Morgan fingerprint density at radius 1 is 1.18 bits per heavy atom. The molecular formula is C24H22ClFN2O4S. The molecule has 0 bridgehead atoms. The number of hydrogen-bond donors (Lipinski definition) is 1. The van der Waals surface area contributed by atoms with E-state index in [1.54, 1.807) is 17.7 Å². The summed E-state index contributed by atoms with van der Waals surface area (Å²) < 4.78 is 45.0. The van der Waals surface area contributed by atoms with Gasteiger partial charge < -0.3 is 4.74 Å². The zero-order chi connectivity index (χ0) is 23.8. The predicted molar refractivity (Wildman–Crippen MR) is 125 cm³/mol. The normalized spacial score (nSPS) is 13.3. The fourth-order valence-corrected chi connectivity index (χ4v) is 4.64. The van der Waals surface area contributed by atoms with Gasteiger partial charge >= 0.3 is 0 Å². The van der Waals surface area contributed by atoms with Crippen LogP contribution < -0.4 is 9.46 Å². The Hall–Kier alpha value is -2.97. The van der Waals surface area contributed by atoms with Crippen LogP contribution >= 0.6 is 11.6 Å². The van der Waals surface area contributed by atoms with Crippen molar-refractivity contribution in [2.75, 3.05) is 6.26 Å². The molecule has 0 spiro atoms. The predicted octanol–water partition coefficient (Wildman–Crippen LogP) is 5.21. The topological polar surface area (TPSA) is 85.4 Å². The number of nitrogens with zero attached hydrogens (tertiary/aromatic N) is 1. The Labute approximate surface area is 196 Å². The minimum Gasteiger partial charge on any atom is -0.437 e. The van der Waals surface area contributed by atoms with Crippen LogP contribution in [0.15, 0.2) is 42.6 Å². The Kier molecular flexibility index (Phi) is 6.41. The molecule has 0 saturated carbocycles. The Balaban J connectivity index is 1.62. The van der Waals surface area contributed by atoms with Crippen LogP contribution in [0, 0.1) is 12.7 Å². The Morgan fingerprint density at radius 3 is 2.67 bits per heavy atom. The highest BCUT2D eigenvalue weighted by atomic mass is 35.5. The number of aryl methyl sites for hydroxylation is 2. The SMILES string of the molecule is Cc1cc(C(=O)NS(C)(=O)=O)c(F)cc1-c1cnc(Oc2cccc3c2CCCC3)c(Cl)c1. The summed E-state index contributed by atoms with van der Waals surface area (Å²) in [6.45, 7) is 1.68. The number of carbonyl (C=O) groups is 1. The number of ether oxygens (including phenoxy) is 1. The Morgan fingerprint density at radius 2 is 1.94 bits per heavy atom. The van der Waals surface area contributed by atoms with Crippen molar-refractivity contribution in [2.45, 2.75) is 32.6 Å². The molecule has 2 aromatic carbocycles. The van der Waals surface area contributed by atoms with Crippen LogP contribution in [-0.2, 0) is 22.9 Å². The lowest BCUT2D eigenvalue weighted by Gasteiger charge is -2.19. The van der Waals surface area contributed by atoms with E-state index in [-0.39, 0.29) is 16.5 Å². The van der Waals surface area contributed by atoms with Gasteiger partial charge in [-0.15, -0.1) is 0 Å². The molecule has 0 atom stereocenters. The summed E-state index contributed by atoms with van der Waals surface area (Å²) in [5.74, 6) is -0.903. The third-order valence-corrected chi connectivity index (χ3v) is 6.34. The highest BCUT2D eigenvalue weighted by molar-refractivity contribution is 7.89. The molecule has 3 aromatic rings. The highest BCUT2D eigenvalue weighted by Crippen LogP contribution is 2.36. The summed E-state index contributed by atoms with van der Waals surface area (Å²) in [5, 5.41) is 0.264. The van der Waals surface area contributed by atoms with Crippen molar-refractivity contribution in [2.24, 2.45) is 0 Å². The van der Waals surface area contributed by atoms with E-state index >= 15 is 0 Å². The standard InChI is InChI=1S/C24H22ClFN2O4S/c1-14-10-19(23(29)28-33(2,30)31)21(26)12-18(14)16-11-20(25)24(27-13-16)32-22-9-5-7-15-6-3-4-8-17(15)22/h5,7,9-13H,3-4,6,8H2,1-2H3,(H,28,29). The number of halogens is 2. The van der Waals surface area contributed by atoms with Gasteiger partial charge in [0.1, 0.15) is 16.6 Å². The fraction of sp³-hybridized carbons (Fsp3) is 0.250. The van der Waals surface area contributed by atoms with E-state index in [1.807, 2.05) is 12.1 Å². The van der Waals surface area contributed by atoms with Gasteiger partial charge in [-0.2, -0.15) is 0 Å². The van der Waals surface area contributed by atoms with E-state index < -0.39 is 21.7 Å². The monoisotopic (exact) mass is 488 g/mol. The van der Waals surface area contributed by atoms with E-state index in [4.69, 9.17) is 16.3 Å². The minimum absolute atomic E-state index is 0.252. The molecule has 0 saturated heterocycles. The quantitative estimate of drug-likeness (QED) is 0.533. The summed E-state index contributed by atoms with van der Waals surface area (Å²) in [5.41, 5.74) is 3.65. The molecule has 0 radical (unpaired) electrons. The number of hydrogen-bond acceptors (Lipinski definition) is 5. The molecule has 9 heteroatoms. The first-order valence-electron chi connectivity index (χ1n) is 10.4. The lowest BCUT2D eigenvalue weighted by Crippen LogP contribution is -2.30. The first-order chi connectivity index (χ1) is 15.6. The van der Waals surface area contributed by atoms with Gasteiger partial charge in [-0.3, -0.25) is 4.79 Å². The number of fused-ring (bicyclic) bond motifs is 1. The van der Waals surface area contributed by atoms with Crippen LogP contribution in [0.5, 0.6) is 11.6 Å². The van der Waals surface area contributed by atoms with Crippen LogP contribution in [0.3, 0.4) is 0 Å².